The molecular formula is C11H14ClN3. The quantitative estimate of drug-likeness (QED) is 0.848. The number of imidazole rings is 1. The Morgan fingerprint density at radius 1 is 1.47 bits per heavy atom. The van der Waals surface area contributed by atoms with Crippen LogP contribution in [0.25, 0.3) is 5.52 Å². The van der Waals surface area contributed by atoms with Crippen molar-refractivity contribution in [2.75, 3.05) is 7.05 Å². The number of aromatic nitrogens is 2. The monoisotopic (exact) mass is 223 g/mol. The second-order valence-corrected chi connectivity index (χ2v) is 4.48. The average Bonchev–Trinajstić information content (AvgIpc) is 2.63. The van der Waals surface area contributed by atoms with E-state index in [1.165, 1.54) is 0 Å². The maximum Gasteiger partial charge on any atom is 0.133 e. The zero-order valence-corrected chi connectivity index (χ0v) is 9.84. The van der Waals surface area contributed by atoms with Gasteiger partial charge in [-0.1, -0.05) is 11.6 Å². The molecule has 2 heterocycles. The largest absolute Gasteiger partial charge is 0.308 e. The first-order chi connectivity index (χ1) is 7.06. The van der Waals surface area contributed by atoms with Crippen LogP contribution >= 0.6 is 11.6 Å². The summed E-state index contributed by atoms with van der Waals surface area (Å²) in [4.78, 5) is 4.41. The van der Waals surface area contributed by atoms with Gasteiger partial charge >= 0.3 is 0 Å². The lowest BCUT2D eigenvalue weighted by atomic mass is 10.1. The summed E-state index contributed by atoms with van der Waals surface area (Å²) in [6.45, 7) is 4.17. The Kier molecular flexibility index (Phi) is 2.44. The normalized spacial score (nSPS) is 12.3. The predicted octanol–water partition coefficient (Wildman–Crippen LogP) is 2.44. The maximum absolute atomic E-state index is 6.08. The Hall–Kier alpha value is -1.06. The molecule has 2 aromatic rings. The Morgan fingerprint density at radius 3 is 2.87 bits per heavy atom. The molecule has 80 valence electrons. The molecule has 0 radical (unpaired) electrons. The van der Waals surface area contributed by atoms with Gasteiger partial charge in [0.15, 0.2) is 0 Å². The molecule has 0 aliphatic heterocycles. The smallest absolute Gasteiger partial charge is 0.133 e. The number of pyridine rings is 1. The number of hydrogen-bond donors (Lipinski definition) is 1. The van der Waals surface area contributed by atoms with Crippen LogP contribution in [-0.2, 0) is 5.54 Å². The minimum atomic E-state index is -0.170. The molecule has 0 aliphatic rings. The highest BCUT2D eigenvalue weighted by Crippen LogP contribution is 2.23. The molecule has 4 heteroatoms. The van der Waals surface area contributed by atoms with Crippen LogP contribution in [0.4, 0.5) is 0 Å². The van der Waals surface area contributed by atoms with E-state index in [2.05, 4.69) is 24.1 Å². The van der Waals surface area contributed by atoms with Gasteiger partial charge in [0.05, 0.1) is 22.3 Å². The summed E-state index contributed by atoms with van der Waals surface area (Å²) in [5, 5.41) is 3.95. The van der Waals surface area contributed by atoms with Crippen LogP contribution in [0.1, 0.15) is 19.7 Å². The standard InChI is InChI=1S/C11H14ClN3/c1-11(2,13-3)10-14-7-9-8(12)5-4-6-15(9)10/h4-7,13H,1-3H3. The van der Waals surface area contributed by atoms with Gasteiger partial charge in [-0.2, -0.15) is 0 Å². The van der Waals surface area contributed by atoms with Gasteiger partial charge in [-0.05, 0) is 33.0 Å². The zero-order chi connectivity index (χ0) is 11.1. The third-order valence-electron chi connectivity index (χ3n) is 2.70. The molecule has 0 saturated heterocycles. The summed E-state index contributed by atoms with van der Waals surface area (Å²) >= 11 is 6.08. The van der Waals surface area contributed by atoms with Crippen LogP contribution in [0, 0.1) is 0 Å². The summed E-state index contributed by atoms with van der Waals surface area (Å²) in [6.07, 6.45) is 3.78. The first-order valence-corrected chi connectivity index (χ1v) is 5.25. The van der Waals surface area contributed by atoms with Crippen molar-refractivity contribution >= 4 is 17.1 Å². The van der Waals surface area contributed by atoms with Crippen LogP contribution in [0.5, 0.6) is 0 Å². The first kappa shape index (κ1) is 10.5. The van der Waals surface area contributed by atoms with E-state index in [0.717, 1.165) is 16.4 Å². The van der Waals surface area contributed by atoms with E-state index in [1.807, 2.05) is 29.8 Å². The molecule has 0 atom stereocenters. The van der Waals surface area contributed by atoms with E-state index >= 15 is 0 Å². The SMILES string of the molecule is CNC(C)(C)c1ncc2c(Cl)cccn12. The second kappa shape index (κ2) is 3.51. The van der Waals surface area contributed by atoms with Gasteiger partial charge in [0.25, 0.3) is 0 Å². The van der Waals surface area contributed by atoms with Crippen molar-refractivity contribution < 1.29 is 0 Å². The molecule has 0 fully saturated rings. The number of nitrogens with zero attached hydrogens (tertiary/aromatic N) is 2. The van der Waals surface area contributed by atoms with Gasteiger partial charge in [0.2, 0.25) is 0 Å². The number of halogens is 1. The number of nitrogens with one attached hydrogen (secondary N) is 1. The summed E-state index contributed by atoms with van der Waals surface area (Å²) in [5.41, 5.74) is 0.773. The first-order valence-electron chi connectivity index (χ1n) is 4.87. The molecule has 15 heavy (non-hydrogen) atoms. The molecule has 3 nitrogen and oxygen atoms in total. The fraction of sp³-hybridized carbons (Fsp3) is 0.364. The van der Waals surface area contributed by atoms with Crippen LogP contribution in [0.15, 0.2) is 24.5 Å². The van der Waals surface area contributed by atoms with Gasteiger partial charge in [-0.3, -0.25) is 0 Å². The van der Waals surface area contributed by atoms with Crippen molar-refractivity contribution in [2.24, 2.45) is 0 Å². The Labute approximate surface area is 94.1 Å². The Morgan fingerprint density at radius 2 is 2.20 bits per heavy atom. The molecule has 0 unspecified atom stereocenters. The van der Waals surface area contributed by atoms with Crippen molar-refractivity contribution in [1.82, 2.24) is 14.7 Å². The highest BCUT2D eigenvalue weighted by molar-refractivity contribution is 6.33. The maximum atomic E-state index is 6.08. The molecule has 1 N–H and O–H groups in total. The van der Waals surface area contributed by atoms with Crippen LogP contribution in [-0.4, -0.2) is 16.4 Å². The molecule has 2 rings (SSSR count). The van der Waals surface area contributed by atoms with E-state index < -0.39 is 0 Å². The average molecular weight is 224 g/mol. The van der Waals surface area contributed by atoms with E-state index in [-0.39, 0.29) is 5.54 Å². The van der Waals surface area contributed by atoms with Gasteiger partial charge in [-0.15, -0.1) is 0 Å². The summed E-state index contributed by atoms with van der Waals surface area (Å²) < 4.78 is 2.01. The summed E-state index contributed by atoms with van der Waals surface area (Å²) in [7, 11) is 1.92. The molecule has 0 aromatic carbocycles. The molecule has 2 aromatic heterocycles. The predicted molar refractivity (Wildman–Crippen MR) is 62.3 cm³/mol. The summed E-state index contributed by atoms with van der Waals surface area (Å²) in [6, 6.07) is 3.79. The zero-order valence-electron chi connectivity index (χ0n) is 9.08. The van der Waals surface area contributed by atoms with Crippen molar-refractivity contribution in [3.8, 4) is 0 Å². The lowest BCUT2D eigenvalue weighted by Crippen LogP contribution is -2.35. The number of hydrogen-bond acceptors (Lipinski definition) is 2. The minimum Gasteiger partial charge on any atom is -0.308 e. The minimum absolute atomic E-state index is 0.170. The van der Waals surface area contributed by atoms with E-state index in [4.69, 9.17) is 11.6 Å². The molecule has 0 amide bonds. The molecule has 0 bridgehead atoms. The number of rotatable bonds is 2. The highest BCUT2D eigenvalue weighted by atomic mass is 35.5. The van der Waals surface area contributed by atoms with E-state index in [9.17, 15) is 0 Å². The second-order valence-electron chi connectivity index (χ2n) is 4.07. The third-order valence-corrected chi connectivity index (χ3v) is 3.02. The van der Waals surface area contributed by atoms with Gasteiger partial charge in [-0.25, -0.2) is 4.98 Å². The molecule has 0 saturated carbocycles. The molecule has 0 aliphatic carbocycles. The fourth-order valence-corrected chi connectivity index (χ4v) is 1.77. The highest BCUT2D eigenvalue weighted by Gasteiger charge is 2.23. The molecule has 0 spiro atoms. The van der Waals surface area contributed by atoms with Gasteiger partial charge in [0.1, 0.15) is 5.82 Å². The fourth-order valence-electron chi connectivity index (χ4n) is 1.56. The Bertz CT molecular complexity index is 488. The summed E-state index contributed by atoms with van der Waals surface area (Å²) in [5.74, 6) is 0.961. The van der Waals surface area contributed by atoms with Crippen LogP contribution in [0.2, 0.25) is 5.02 Å². The Balaban J connectivity index is 2.69. The van der Waals surface area contributed by atoms with Crippen LogP contribution < -0.4 is 5.32 Å². The van der Waals surface area contributed by atoms with E-state index in [1.54, 1.807) is 6.20 Å². The van der Waals surface area contributed by atoms with Gasteiger partial charge in [0, 0.05) is 6.20 Å². The van der Waals surface area contributed by atoms with Crippen molar-refractivity contribution in [1.29, 1.82) is 0 Å². The van der Waals surface area contributed by atoms with Crippen molar-refractivity contribution in [3.05, 3.63) is 35.4 Å². The third kappa shape index (κ3) is 1.62. The topological polar surface area (TPSA) is 29.3 Å². The van der Waals surface area contributed by atoms with Gasteiger partial charge < -0.3 is 9.72 Å². The van der Waals surface area contributed by atoms with E-state index in [0.29, 0.717) is 0 Å². The lowest BCUT2D eigenvalue weighted by Gasteiger charge is -2.22. The van der Waals surface area contributed by atoms with Crippen LogP contribution in [0.3, 0.4) is 0 Å². The van der Waals surface area contributed by atoms with Crippen molar-refractivity contribution in [2.45, 2.75) is 19.4 Å². The van der Waals surface area contributed by atoms with Crippen molar-refractivity contribution in [3.63, 3.8) is 0 Å². The lowest BCUT2D eigenvalue weighted by molar-refractivity contribution is 0.415. The number of fused-ring (bicyclic) bond motifs is 1. The molecular weight excluding hydrogens is 210 g/mol.